The standard InChI is InChI=1S/C14H21N5OS/c1-10(2)11-12(21-17-16-11)13(20)18-5-7-19(8-6-18)14(3,4)9-15/h10H,5-8H2,1-4H3. The second-order valence-corrected chi connectivity index (χ2v) is 6.85. The van der Waals surface area contributed by atoms with E-state index in [-0.39, 0.29) is 11.8 Å². The fourth-order valence-corrected chi connectivity index (χ4v) is 3.19. The number of carbonyl (C=O) groups is 1. The molecule has 0 saturated carbocycles. The maximum Gasteiger partial charge on any atom is 0.267 e. The molecule has 21 heavy (non-hydrogen) atoms. The summed E-state index contributed by atoms with van der Waals surface area (Å²) in [7, 11) is 0. The zero-order valence-corrected chi connectivity index (χ0v) is 13.8. The van der Waals surface area contributed by atoms with Crippen molar-refractivity contribution in [3.8, 4) is 6.07 Å². The molecule has 0 aliphatic carbocycles. The molecule has 0 radical (unpaired) electrons. The molecule has 1 aromatic rings. The number of nitrogens with zero attached hydrogens (tertiary/aromatic N) is 5. The number of carbonyl (C=O) groups excluding carboxylic acids is 1. The summed E-state index contributed by atoms with van der Waals surface area (Å²) in [6.07, 6.45) is 0. The molecule has 0 atom stereocenters. The van der Waals surface area contributed by atoms with E-state index in [0.717, 1.165) is 18.8 Å². The maximum atomic E-state index is 12.6. The molecule has 6 nitrogen and oxygen atoms in total. The molecule has 1 fully saturated rings. The Morgan fingerprint density at radius 2 is 1.95 bits per heavy atom. The summed E-state index contributed by atoms with van der Waals surface area (Å²) in [5.74, 6) is 0.213. The predicted octanol–water partition coefficient (Wildman–Crippen LogP) is 1.72. The quantitative estimate of drug-likeness (QED) is 0.850. The van der Waals surface area contributed by atoms with Crippen LogP contribution >= 0.6 is 11.5 Å². The van der Waals surface area contributed by atoms with Gasteiger partial charge < -0.3 is 4.90 Å². The summed E-state index contributed by atoms with van der Waals surface area (Å²) in [6, 6.07) is 2.31. The average molecular weight is 307 g/mol. The fourth-order valence-electron chi connectivity index (χ4n) is 2.41. The molecule has 114 valence electrons. The molecule has 7 heteroatoms. The lowest BCUT2D eigenvalue weighted by Gasteiger charge is -2.40. The van der Waals surface area contributed by atoms with Crippen LogP contribution in [0.2, 0.25) is 0 Å². The van der Waals surface area contributed by atoms with Crippen molar-refractivity contribution in [1.29, 1.82) is 5.26 Å². The lowest BCUT2D eigenvalue weighted by atomic mass is 10.0. The van der Waals surface area contributed by atoms with E-state index in [1.807, 2.05) is 32.6 Å². The number of nitriles is 1. The van der Waals surface area contributed by atoms with Crippen LogP contribution in [0.1, 0.15) is 49.0 Å². The predicted molar refractivity (Wildman–Crippen MR) is 81.2 cm³/mol. The summed E-state index contributed by atoms with van der Waals surface area (Å²) in [5.41, 5.74) is 0.300. The van der Waals surface area contributed by atoms with Crippen molar-refractivity contribution in [3.63, 3.8) is 0 Å². The minimum absolute atomic E-state index is 0.0168. The lowest BCUT2D eigenvalue weighted by molar-refractivity contribution is 0.0523. The van der Waals surface area contributed by atoms with Gasteiger partial charge in [0.1, 0.15) is 10.4 Å². The minimum Gasteiger partial charge on any atom is -0.335 e. The Morgan fingerprint density at radius 1 is 1.33 bits per heavy atom. The van der Waals surface area contributed by atoms with Gasteiger partial charge in [-0.1, -0.05) is 18.3 Å². The third-order valence-electron chi connectivity index (χ3n) is 3.89. The van der Waals surface area contributed by atoms with E-state index >= 15 is 0 Å². The Bertz CT molecular complexity index is 552. The molecular weight excluding hydrogens is 286 g/mol. The number of hydrogen-bond acceptors (Lipinski definition) is 6. The molecule has 0 unspecified atom stereocenters. The largest absolute Gasteiger partial charge is 0.335 e. The number of aromatic nitrogens is 2. The highest BCUT2D eigenvalue weighted by molar-refractivity contribution is 7.08. The van der Waals surface area contributed by atoms with Gasteiger partial charge in [-0.05, 0) is 31.3 Å². The zero-order chi connectivity index (χ0) is 15.6. The lowest BCUT2D eigenvalue weighted by Crippen LogP contribution is -2.55. The van der Waals surface area contributed by atoms with Gasteiger partial charge in [-0.15, -0.1) is 5.10 Å². The molecule has 0 bridgehead atoms. The van der Waals surface area contributed by atoms with Crippen molar-refractivity contribution in [1.82, 2.24) is 19.4 Å². The topological polar surface area (TPSA) is 73.1 Å². The Hall–Kier alpha value is -1.52. The average Bonchev–Trinajstić information content (AvgIpc) is 2.96. The Kier molecular flexibility index (Phi) is 4.59. The van der Waals surface area contributed by atoms with Crippen molar-refractivity contribution in [2.75, 3.05) is 26.2 Å². The fraction of sp³-hybridized carbons (Fsp3) is 0.714. The third-order valence-corrected chi connectivity index (χ3v) is 4.62. The highest BCUT2D eigenvalue weighted by atomic mass is 32.1. The monoisotopic (exact) mass is 307 g/mol. The number of amides is 1. The van der Waals surface area contributed by atoms with Gasteiger partial charge in [0.05, 0.1) is 11.8 Å². The molecule has 0 N–H and O–H groups in total. The third kappa shape index (κ3) is 3.22. The van der Waals surface area contributed by atoms with E-state index in [9.17, 15) is 10.1 Å². The van der Waals surface area contributed by atoms with Crippen LogP contribution in [0.4, 0.5) is 0 Å². The van der Waals surface area contributed by atoms with Gasteiger partial charge in [0.25, 0.3) is 5.91 Å². The minimum atomic E-state index is -0.482. The van der Waals surface area contributed by atoms with Gasteiger partial charge in [-0.2, -0.15) is 5.26 Å². The molecule has 1 amide bonds. The van der Waals surface area contributed by atoms with E-state index in [1.54, 1.807) is 0 Å². The van der Waals surface area contributed by atoms with Crippen LogP contribution in [-0.4, -0.2) is 57.0 Å². The normalized spacial score (nSPS) is 17.0. The molecular formula is C14H21N5OS. The second-order valence-electron chi connectivity index (χ2n) is 6.09. The molecule has 2 heterocycles. The maximum absolute atomic E-state index is 12.6. The highest BCUT2D eigenvalue weighted by Crippen LogP contribution is 2.23. The van der Waals surface area contributed by atoms with Crippen LogP contribution in [0, 0.1) is 11.3 Å². The van der Waals surface area contributed by atoms with Gasteiger partial charge >= 0.3 is 0 Å². The first-order chi connectivity index (χ1) is 9.86. The SMILES string of the molecule is CC(C)c1nnsc1C(=O)N1CCN(C(C)(C)C#N)CC1. The molecule has 1 aromatic heterocycles. The summed E-state index contributed by atoms with van der Waals surface area (Å²) in [4.78, 5) is 17.2. The molecule has 0 spiro atoms. The number of piperazine rings is 1. The first-order valence-electron chi connectivity index (χ1n) is 7.14. The summed E-state index contributed by atoms with van der Waals surface area (Å²) in [5, 5.41) is 13.2. The molecule has 1 saturated heterocycles. The first-order valence-corrected chi connectivity index (χ1v) is 7.92. The molecule has 2 rings (SSSR count). The van der Waals surface area contributed by atoms with Crippen LogP contribution in [-0.2, 0) is 0 Å². The first kappa shape index (κ1) is 15.9. The zero-order valence-electron chi connectivity index (χ0n) is 13.0. The summed E-state index contributed by atoms with van der Waals surface area (Å²) < 4.78 is 3.92. The summed E-state index contributed by atoms with van der Waals surface area (Å²) >= 11 is 1.17. The van der Waals surface area contributed by atoms with Crippen molar-refractivity contribution < 1.29 is 4.79 Å². The van der Waals surface area contributed by atoms with E-state index < -0.39 is 5.54 Å². The van der Waals surface area contributed by atoms with Gasteiger partial charge in [0.15, 0.2) is 0 Å². The van der Waals surface area contributed by atoms with E-state index in [0.29, 0.717) is 18.0 Å². The molecule has 1 aliphatic rings. The smallest absolute Gasteiger partial charge is 0.267 e. The Balaban J connectivity index is 2.04. The number of hydrogen-bond donors (Lipinski definition) is 0. The molecule has 1 aliphatic heterocycles. The van der Waals surface area contributed by atoms with Crippen molar-refractivity contribution in [2.45, 2.75) is 39.2 Å². The Labute approximate surface area is 129 Å². The second kappa shape index (κ2) is 6.08. The van der Waals surface area contributed by atoms with Crippen LogP contribution in [0.15, 0.2) is 0 Å². The molecule has 0 aromatic carbocycles. The van der Waals surface area contributed by atoms with Gasteiger partial charge in [-0.25, -0.2) is 0 Å². The van der Waals surface area contributed by atoms with E-state index in [4.69, 9.17) is 0 Å². The van der Waals surface area contributed by atoms with Gasteiger partial charge in [-0.3, -0.25) is 9.69 Å². The Morgan fingerprint density at radius 3 is 2.48 bits per heavy atom. The van der Waals surface area contributed by atoms with Crippen LogP contribution in [0.5, 0.6) is 0 Å². The van der Waals surface area contributed by atoms with Crippen LogP contribution in [0.3, 0.4) is 0 Å². The summed E-state index contributed by atoms with van der Waals surface area (Å²) in [6.45, 7) is 10.6. The van der Waals surface area contributed by atoms with Crippen molar-refractivity contribution in [2.24, 2.45) is 0 Å². The van der Waals surface area contributed by atoms with Crippen molar-refractivity contribution in [3.05, 3.63) is 10.6 Å². The van der Waals surface area contributed by atoms with Crippen molar-refractivity contribution >= 4 is 17.4 Å². The highest BCUT2D eigenvalue weighted by Gasteiger charge is 2.32. The van der Waals surface area contributed by atoms with E-state index in [2.05, 4.69) is 20.6 Å². The number of rotatable bonds is 3. The van der Waals surface area contributed by atoms with Crippen LogP contribution < -0.4 is 0 Å². The van der Waals surface area contributed by atoms with Gasteiger partial charge in [0.2, 0.25) is 0 Å². The van der Waals surface area contributed by atoms with Crippen LogP contribution in [0.25, 0.3) is 0 Å². The van der Waals surface area contributed by atoms with E-state index in [1.165, 1.54) is 11.5 Å². The van der Waals surface area contributed by atoms with Gasteiger partial charge in [0, 0.05) is 26.2 Å².